The van der Waals surface area contributed by atoms with Crippen LogP contribution in [0.25, 0.3) is 0 Å². The lowest BCUT2D eigenvalue weighted by Gasteiger charge is -2.27. The van der Waals surface area contributed by atoms with E-state index >= 15 is 0 Å². The normalized spacial score (nSPS) is 11.9. The van der Waals surface area contributed by atoms with Gasteiger partial charge in [0.25, 0.3) is 0 Å². The predicted molar refractivity (Wildman–Crippen MR) is 89.4 cm³/mol. The number of hydrogen-bond donors (Lipinski definition) is 0. The zero-order valence-corrected chi connectivity index (χ0v) is 15.4. The first-order valence-corrected chi connectivity index (χ1v) is 10.3. The fourth-order valence-corrected chi connectivity index (χ4v) is 4.96. The molecule has 0 spiro atoms. The Kier molecular flexibility index (Phi) is 9.55. The standard InChI is InChI=1S/C17H28F2O3Si/c1-4-21-23(20-3,22-5-2)13-9-7-6-8-10-15-11-12-16(18)14-17(15)19/h11-12,14H,4-10,13H2,1-3H3. The molecule has 0 amide bonds. The maximum atomic E-state index is 13.5. The van der Waals surface area contributed by atoms with Gasteiger partial charge in [-0.1, -0.05) is 18.9 Å². The molecule has 0 unspecified atom stereocenters. The van der Waals surface area contributed by atoms with Gasteiger partial charge in [0.1, 0.15) is 11.6 Å². The van der Waals surface area contributed by atoms with Gasteiger partial charge in [0.2, 0.25) is 0 Å². The molecule has 0 aliphatic heterocycles. The van der Waals surface area contributed by atoms with E-state index in [1.54, 1.807) is 7.11 Å². The molecule has 23 heavy (non-hydrogen) atoms. The predicted octanol–water partition coefficient (Wildman–Crippen LogP) is 4.73. The van der Waals surface area contributed by atoms with Crippen molar-refractivity contribution in [3.05, 3.63) is 35.4 Å². The minimum Gasteiger partial charge on any atom is -0.377 e. The number of aryl methyl sites for hydroxylation is 1. The van der Waals surface area contributed by atoms with Crippen molar-refractivity contribution < 1.29 is 22.1 Å². The molecule has 0 radical (unpaired) electrons. The quantitative estimate of drug-likeness (QED) is 0.405. The molecule has 0 bridgehead atoms. The van der Waals surface area contributed by atoms with E-state index in [4.69, 9.17) is 13.3 Å². The van der Waals surface area contributed by atoms with Gasteiger partial charge in [-0.05, 0) is 44.7 Å². The van der Waals surface area contributed by atoms with Gasteiger partial charge in [-0.2, -0.15) is 0 Å². The summed E-state index contributed by atoms with van der Waals surface area (Å²) in [6, 6.07) is 4.58. The Labute approximate surface area is 139 Å². The van der Waals surface area contributed by atoms with E-state index in [-0.39, 0.29) is 0 Å². The fourth-order valence-electron chi connectivity index (χ4n) is 2.58. The first-order chi connectivity index (χ1) is 11.1. The summed E-state index contributed by atoms with van der Waals surface area (Å²) in [5.74, 6) is -0.984. The van der Waals surface area contributed by atoms with Crippen molar-refractivity contribution in [2.24, 2.45) is 0 Å². The van der Waals surface area contributed by atoms with Crippen LogP contribution in [0.5, 0.6) is 0 Å². The Morgan fingerprint density at radius 3 is 2.17 bits per heavy atom. The monoisotopic (exact) mass is 346 g/mol. The van der Waals surface area contributed by atoms with E-state index in [0.29, 0.717) is 25.2 Å². The molecule has 1 rings (SSSR count). The Balaban J connectivity index is 2.28. The molecule has 1 aromatic rings. The second kappa shape index (κ2) is 10.9. The van der Waals surface area contributed by atoms with E-state index in [1.807, 2.05) is 13.8 Å². The van der Waals surface area contributed by atoms with E-state index in [1.165, 1.54) is 12.1 Å². The largest absolute Gasteiger partial charge is 0.500 e. The van der Waals surface area contributed by atoms with Crippen molar-refractivity contribution in [2.75, 3.05) is 20.3 Å². The van der Waals surface area contributed by atoms with Crippen LogP contribution in [0.3, 0.4) is 0 Å². The Hall–Kier alpha value is -0.823. The van der Waals surface area contributed by atoms with Crippen molar-refractivity contribution in [2.45, 2.75) is 52.0 Å². The van der Waals surface area contributed by atoms with Crippen LogP contribution in [-0.2, 0) is 19.7 Å². The van der Waals surface area contributed by atoms with Gasteiger partial charge in [0, 0.05) is 32.4 Å². The van der Waals surface area contributed by atoms with Crippen LogP contribution in [0.2, 0.25) is 6.04 Å². The first kappa shape index (κ1) is 20.2. The number of unbranched alkanes of at least 4 members (excludes halogenated alkanes) is 3. The molecule has 0 aliphatic carbocycles. The Morgan fingerprint density at radius 1 is 0.957 bits per heavy atom. The molecule has 0 heterocycles. The second-order valence-corrected chi connectivity index (χ2v) is 8.25. The lowest BCUT2D eigenvalue weighted by atomic mass is 10.1. The third-order valence-electron chi connectivity index (χ3n) is 3.73. The highest BCUT2D eigenvalue weighted by Gasteiger charge is 2.38. The molecular formula is C17H28F2O3Si. The first-order valence-electron chi connectivity index (χ1n) is 8.34. The van der Waals surface area contributed by atoms with E-state index < -0.39 is 20.4 Å². The molecule has 1 aromatic carbocycles. The van der Waals surface area contributed by atoms with E-state index in [9.17, 15) is 8.78 Å². The van der Waals surface area contributed by atoms with Gasteiger partial charge in [-0.15, -0.1) is 0 Å². The zero-order valence-electron chi connectivity index (χ0n) is 14.4. The number of halogens is 2. The fraction of sp³-hybridized carbons (Fsp3) is 0.647. The molecule has 132 valence electrons. The van der Waals surface area contributed by atoms with E-state index in [2.05, 4.69) is 0 Å². The third-order valence-corrected chi connectivity index (χ3v) is 6.78. The average molecular weight is 346 g/mol. The van der Waals surface area contributed by atoms with Crippen molar-refractivity contribution in [3.8, 4) is 0 Å². The van der Waals surface area contributed by atoms with Gasteiger partial charge < -0.3 is 13.3 Å². The van der Waals surface area contributed by atoms with Crippen LogP contribution in [0.1, 0.15) is 45.1 Å². The smallest absolute Gasteiger partial charge is 0.377 e. The van der Waals surface area contributed by atoms with Gasteiger partial charge in [0.05, 0.1) is 0 Å². The average Bonchev–Trinajstić information content (AvgIpc) is 2.52. The highest BCUT2D eigenvalue weighted by Crippen LogP contribution is 2.20. The highest BCUT2D eigenvalue weighted by molar-refractivity contribution is 6.60. The van der Waals surface area contributed by atoms with Gasteiger partial charge >= 0.3 is 8.80 Å². The summed E-state index contributed by atoms with van der Waals surface area (Å²) in [7, 11) is -0.863. The van der Waals surface area contributed by atoms with Crippen LogP contribution < -0.4 is 0 Å². The van der Waals surface area contributed by atoms with Crippen LogP contribution in [0.4, 0.5) is 8.78 Å². The molecule has 0 aliphatic rings. The van der Waals surface area contributed by atoms with Crippen LogP contribution in [0.15, 0.2) is 18.2 Å². The number of hydrogen-bond acceptors (Lipinski definition) is 3. The van der Waals surface area contributed by atoms with Crippen LogP contribution in [0, 0.1) is 11.6 Å². The van der Waals surface area contributed by atoms with Crippen LogP contribution >= 0.6 is 0 Å². The Morgan fingerprint density at radius 2 is 1.61 bits per heavy atom. The van der Waals surface area contributed by atoms with E-state index in [0.717, 1.165) is 37.8 Å². The molecule has 3 nitrogen and oxygen atoms in total. The summed E-state index contributed by atoms with van der Waals surface area (Å²) in [5, 5.41) is 0. The molecule has 0 aromatic heterocycles. The summed E-state index contributed by atoms with van der Waals surface area (Å²) in [4.78, 5) is 0. The summed E-state index contributed by atoms with van der Waals surface area (Å²) in [6.45, 7) is 5.06. The molecule has 0 fully saturated rings. The molecular weight excluding hydrogens is 318 g/mol. The number of benzene rings is 1. The van der Waals surface area contributed by atoms with Crippen molar-refractivity contribution >= 4 is 8.80 Å². The molecule has 0 N–H and O–H groups in total. The lowest BCUT2D eigenvalue weighted by molar-refractivity contribution is 0.0859. The lowest BCUT2D eigenvalue weighted by Crippen LogP contribution is -2.44. The zero-order chi connectivity index (χ0) is 17.1. The highest BCUT2D eigenvalue weighted by atomic mass is 28.4. The van der Waals surface area contributed by atoms with Gasteiger partial charge in [0.15, 0.2) is 0 Å². The minimum absolute atomic E-state index is 0.455. The maximum absolute atomic E-state index is 13.5. The maximum Gasteiger partial charge on any atom is 0.500 e. The second-order valence-electron chi connectivity index (χ2n) is 5.40. The van der Waals surface area contributed by atoms with Crippen LogP contribution in [-0.4, -0.2) is 29.1 Å². The Bertz CT molecular complexity index is 451. The van der Waals surface area contributed by atoms with Gasteiger partial charge in [-0.25, -0.2) is 8.78 Å². The molecule has 6 heteroatoms. The van der Waals surface area contributed by atoms with Crippen molar-refractivity contribution in [1.82, 2.24) is 0 Å². The topological polar surface area (TPSA) is 27.7 Å². The van der Waals surface area contributed by atoms with Crippen molar-refractivity contribution in [3.63, 3.8) is 0 Å². The molecule has 0 atom stereocenters. The number of rotatable bonds is 12. The van der Waals surface area contributed by atoms with Crippen molar-refractivity contribution in [1.29, 1.82) is 0 Å². The minimum atomic E-state index is -2.51. The summed E-state index contributed by atoms with van der Waals surface area (Å²) < 4.78 is 43.3. The summed E-state index contributed by atoms with van der Waals surface area (Å²) >= 11 is 0. The summed E-state index contributed by atoms with van der Waals surface area (Å²) in [5.41, 5.74) is 0.579. The van der Waals surface area contributed by atoms with Gasteiger partial charge in [-0.3, -0.25) is 0 Å². The summed E-state index contributed by atoms with van der Waals surface area (Å²) in [6.07, 6.45) is 4.49. The third kappa shape index (κ3) is 7.08. The SMILES string of the molecule is CCO[Si](CCCCCCc1ccc(F)cc1F)(OC)OCC. The molecule has 0 saturated heterocycles. The molecule has 0 saturated carbocycles.